The van der Waals surface area contributed by atoms with Gasteiger partial charge in [0.2, 0.25) is 11.9 Å². The molecule has 0 bridgehead atoms. The number of nitrogen functional groups attached to an aromatic ring is 1. The molecule has 7 heteroatoms. The van der Waals surface area contributed by atoms with Crippen molar-refractivity contribution in [3.8, 4) is 0 Å². The van der Waals surface area contributed by atoms with Crippen molar-refractivity contribution >= 4 is 11.9 Å². The first-order valence-electron chi connectivity index (χ1n) is 7.00. The molecule has 22 heavy (non-hydrogen) atoms. The number of anilines is 2. The van der Waals surface area contributed by atoms with Crippen molar-refractivity contribution in [2.24, 2.45) is 0 Å². The fourth-order valence-corrected chi connectivity index (χ4v) is 2.04. The lowest BCUT2D eigenvalue weighted by Crippen LogP contribution is -2.25. The fourth-order valence-electron chi connectivity index (χ4n) is 2.04. The van der Waals surface area contributed by atoms with Gasteiger partial charge >= 0.3 is 0 Å². The summed E-state index contributed by atoms with van der Waals surface area (Å²) in [6.07, 6.45) is 0. The van der Waals surface area contributed by atoms with Crippen molar-refractivity contribution < 1.29 is 4.39 Å². The largest absolute Gasteiger partial charge is 0.368 e. The smallest absolute Gasteiger partial charge is 0.229 e. The third-order valence-electron chi connectivity index (χ3n) is 3.41. The minimum Gasteiger partial charge on any atom is -0.368 e. The first-order valence-corrected chi connectivity index (χ1v) is 7.00. The van der Waals surface area contributed by atoms with Gasteiger partial charge in [-0.3, -0.25) is 4.90 Å². The Morgan fingerprint density at radius 3 is 2.55 bits per heavy atom. The van der Waals surface area contributed by atoms with Crippen molar-refractivity contribution in [1.82, 2.24) is 19.9 Å². The Hall–Kier alpha value is -2.28. The van der Waals surface area contributed by atoms with Crippen LogP contribution in [-0.4, -0.2) is 41.0 Å². The van der Waals surface area contributed by atoms with Gasteiger partial charge < -0.3 is 10.6 Å². The summed E-state index contributed by atoms with van der Waals surface area (Å²) in [5.74, 6) is 1.07. The standard InChI is InChI=1S/C15H21FN6/c1-10(13-18-14(17)20-15(19-13)21(2)3)22(4)9-11-6-5-7-12(16)8-11/h5-8,10H,9H2,1-4H3,(H2,17,18,19,20). The van der Waals surface area contributed by atoms with E-state index in [-0.39, 0.29) is 17.8 Å². The van der Waals surface area contributed by atoms with Crippen molar-refractivity contribution in [2.75, 3.05) is 31.8 Å². The summed E-state index contributed by atoms with van der Waals surface area (Å²) in [5, 5.41) is 0. The van der Waals surface area contributed by atoms with Gasteiger partial charge in [-0.1, -0.05) is 12.1 Å². The summed E-state index contributed by atoms with van der Waals surface area (Å²) in [6.45, 7) is 2.56. The number of halogens is 1. The zero-order chi connectivity index (χ0) is 16.3. The average molecular weight is 304 g/mol. The van der Waals surface area contributed by atoms with E-state index < -0.39 is 0 Å². The van der Waals surface area contributed by atoms with Crippen LogP contribution in [0.15, 0.2) is 24.3 Å². The molecule has 2 aromatic rings. The number of nitrogens with two attached hydrogens (primary N) is 1. The van der Waals surface area contributed by atoms with Crippen LogP contribution in [0, 0.1) is 5.82 Å². The maximum Gasteiger partial charge on any atom is 0.229 e. The Kier molecular flexibility index (Phi) is 4.87. The number of rotatable bonds is 5. The lowest BCUT2D eigenvalue weighted by atomic mass is 10.2. The zero-order valence-corrected chi connectivity index (χ0v) is 13.3. The molecule has 1 atom stereocenters. The normalized spacial score (nSPS) is 12.5. The topological polar surface area (TPSA) is 71.2 Å². The van der Waals surface area contributed by atoms with Crippen LogP contribution in [-0.2, 0) is 6.54 Å². The lowest BCUT2D eigenvalue weighted by Gasteiger charge is -2.24. The van der Waals surface area contributed by atoms with Crippen molar-refractivity contribution in [3.63, 3.8) is 0 Å². The molecule has 0 fully saturated rings. The summed E-state index contributed by atoms with van der Waals surface area (Å²) in [5.41, 5.74) is 6.64. The Morgan fingerprint density at radius 2 is 1.91 bits per heavy atom. The molecular formula is C15H21FN6. The molecule has 0 amide bonds. The number of hydrogen-bond donors (Lipinski definition) is 1. The van der Waals surface area contributed by atoms with E-state index in [4.69, 9.17) is 5.73 Å². The van der Waals surface area contributed by atoms with E-state index >= 15 is 0 Å². The van der Waals surface area contributed by atoms with E-state index in [2.05, 4.69) is 15.0 Å². The Balaban J connectivity index is 2.18. The fraction of sp³-hybridized carbons (Fsp3) is 0.400. The number of hydrogen-bond acceptors (Lipinski definition) is 6. The molecule has 6 nitrogen and oxygen atoms in total. The molecule has 0 aliphatic rings. The van der Waals surface area contributed by atoms with E-state index in [1.54, 1.807) is 11.0 Å². The summed E-state index contributed by atoms with van der Waals surface area (Å²) in [4.78, 5) is 16.5. The Labute approximate surface area is 129 Å². The van der Waals surface area contributed by atoms with Crippen molar-refractivity contribution in [3.05, 3.63) is 41.5 Å². The molecule has 0 radical (unpaired) electrons. The van der Waals surface area contributed by atoms with Gasteiger partial charge in [-0.25, -0.2) is 4.39 Å². The van der Waals surface area contributed by atoms with Crippen molar-refractivity contribution in [1.29, 1.82) is 0 Å². The highest BCUT2D eigenvalue weighted by Gasteiger charge is 2.17. The van der Waals surface area contributed by atoms with Gasteiger partial charge in [0.25, 0.3) is 0 Å². The first kappa shape index (κ1) is 16.1. The van der Waals surface area contributed by atoms with Crippen LogP contribution in [0.1, 0.15) is 24.4 Å². The van der Waals surface area contributed by atoms with Gasteiger partial charge in [-0.15, -0.1) is 0 Å². The SMILES string of the molecule is CC(c1nc(N)nc(N(C)C)n1)N(C)Cc1cccc(F)c1. The molecule has 0 saturated heterocycles. The van der Waals surface area contributed by atoms with Crippen molar-refractivity contribution in [2.45, 2.75) is 19.5 Å². The van der Waals surface area contributed by atoms with Crippen LogP contribution < -0.4 is 10.6 Å². The molecule has 0 saturated carbocycles. The van der Waals surface area contributed by atoms with Crippen LogP contribution >= 0.6 is 0 Å². The van der Waals surface area contributed by atoms with Gasteiger partial charge in [0.05, 0.1) is 6.04 Å². The highest BCUT2D eigenvalue weighted by Crippen LogP contribution is 2.20. The highest BCUT2D eigenvalue weighted by molar-refractivity contribution is 5.33. The predicted molar refractivity (Wildman–Crippen MR) is 84.8 cm³/mol. The molecular weight excluding hydrogens is 283 g/mol. The summed E-state index contributed by atoms with van der Waals surface area (Å²) < 4.78 is 13.3. The third kappa shape index (κ3) is 3.88. The maximum absolute atomic E-state index is 13.3. The van der Waals surface area contributed by atoms with E-state index in [1.807, 2.05) is 39.0 Å². The first-order chi connectivity index (χ1) is 10.4. The lowest BCUT2D eigenvalue weighted by molar-refractivity contribution is 0.243. The molecule has 1 heterocycles. The second-order valence-corrected chi connectivity index (χ2v) is 5.47. The minimum absolute atomic E-state index is 0.0766. The zero-order valence-electron chi connectivity index (χ0n) is 13.3. The number of nitrogens with zero attached hydrogens (tertiary/aromatic N) is 5. The number of aromatic nitrogens is 3. The van der Waals surface area contributed by atoms with Gasteiger partial charge in [-0.2, -0.15) is 15.0 Å². The molecule has 2 N–H and O–H groups in total. The molecule has 0 aliphatic carbocycles. The van der Waals surface area contributed by atoms with Crippen LogP contribution in [0.4, 0.5) is 16.3 Å². The second kappa shape index (κ2) is 6.65. The molecule has 0 aliphatic heterocycles. The van der Waals surface area contributed by atoms with Gasteiger partial charge in [-0.05, 0) is 31.7 Å². The average Bonchev–Trinajstić information content (AvgIpc) is 2.45. The minimum atomic E-state index is -0.238. The quantitative estimate of drug-likeness (QED) is 0.909. The van der Waals surface area contributed by atoms with E-state index in [0.717, 1.165) is 5.56 Å². The molecule has 1 unspecified atom stereocenters. The third-order valence-corrected chi connectivity index (χ3v) is 3.41. The molecule has 2 rings (SSSR count). The van der Waals surface area contributed by atoms with Gasteiger partial charge in [0.1, 0.15) is 5.82 Å². The Morgan fingerprint density at radius 1 is 1.18 bits per heavy atom. The van der Waals surface area contributed by atoms with Crippen LogP contribution in [0.2, 0.25) is 0 Å². The van der Waals surface area contributed by atoms with Crippen LogP contribution in [0.3, 0.4) is 0 Å². The predicted octanol–water partition coefficient (Wildman–Crippen LogP) is 1.85. The molecule has 1 aromatic carbocycles. The summed E-state index contributed by atoms with van der Waals surface area (Å²) >= 11 is 0. The maximum atomic E-state index is 13.3. The summed E-state index contributed by atoms with van der Waals surface area (Å²) in [6, 6.07) is 6.47. The molecule has 1 aromatic heterocycles. The molecule has 0 spiro atoms. The highest BCUT2D eigenvalue weighted by atomic mass is 19.1. The second-order valence-electron chi connectivity index (χ2n) is 5.47. The van der Waals surface area contributed by atoms with E-state index in [9.17, 15) is 4.39 Å². The van der Waals surface area contributed by atoms with E-state index in [1.165, 1.54) is 12.1 Å². The Bertz CT molecular complexity index is 646. The summed E-state index contributed by atoms with van der Waals surface area (Å²) in [7, 11) is 5.63. The van der Waals surface area contributed by atoms with Gasteiger partial charge in [0, 0.05) is 20.6 Å². The number of benzene rings is 1. The van der Waals surface area contributed by atoms with Gasteiger partial charge in [0.15, 0.2) is 5.82 Å². The van der Waals surface area contributed by atoms with E-state index in [0.29, 0.717) is 18.3 Å². The molecule has 118 valence electrons. The monoisotopic (exact) mass is 304 g/mol. The van der Waals surface area contributed by atoms with Crippen LogP contribution in [0.5, 0.6) is 0 Å². The van der Waals surface area contributed by atoms with Crippen LogP contribution in [0.25, 0.3) is 0 Å².